The fraction of sp³-hybridized carbons (Fsp3) is 0.500. The van der Waals surface area contributed by atoms with E-state index in [1.165, 1.54) is 6.07 Å². The Morgan fingerprint density at radius 1 is 1.17 bits per heavy atom. The number of aliphatic imine (C=N–C) groups is 1. The first-order chi connectivity index (χ1) is 11.4. The Labute approximate surface area is 140 Å². The summed E-state index contributed by atoms with van der Waals surface area (Å²) in [6, 6.07) is 3.15. The molecule has 1 aromatic rings. The molecule has 0 aliphatic carbocycles. The number of rotatable bonds is 8. The molecular formula is C16H24F2N4O2. The number of carbonyl (C=O) groups is 1. The summed E-state index contributed by atoms with van der Waals surface area (Å²) >= 11 is 0. The summed E-state index contributed by atoms with van der Waals surface area (Å²) < 4.78 is 31.4. The molecule has 3 N–H and O–H groups in total. The SMILES string of the molecule is CN=C(NCCNC(=O)C(C)C)NCCOc1ccc(F)cc1F. The molecule has 0 fully saturated rings. The van der Waals surface area contributed by atoms with Gasteiger partial charge < -0.3 is 20.7 Å². The quantitative estimate of drug-likeness (QED) is 0.378. The molecule has 1 aromatic carbocycles. The van der Waals surface area contributed by atoms with Crippen molar-refractivity contribution in [2.75, 3.05) is 33.3 Å². The third kappa shape index (κ3) is 7.26. The number of guanidine groups is 1. The molecular weight excluding hydrogens is 318 g/mol. The Morgan fingerprint density at radius 3 is 2.46 bits per heavy atom. The summed E-state index contributed by atoms with van der Waals surface area (Å²) in [7, 11) is 1.61. The molecule has 0 bridgehead atoms. The van der Waals surface area contributed by atoms with Crippen molar-refractivity contribution in [2.45, 2.75) is 13.8 Å². The average molecular weight is 342 g/mol. The first-order valence-electron chi connectivity index (χ1n) is 7.74. The molecule has 0 atom stereocenters. The predicted octanol–water partition coefficient (Wildman–Crippen LogP) is 1.28. The van der Waals surface area contributed by atoms with E-state index in [-0.39, 0.29) is 24.2 Å². The van der Waals surface area contributed by atoms with Gasteiger partial charge in [0, 0.05) is 32.1 Å². The van der Waals surface area contributed by atoms with Crippen molar-refractivity contribution in [3.63, 3.8) is 0 Å². The zero-order valence-electron chi connectivity index (χ0n) is 14.2. The highest BCUT2D eigenvalue weighted by Crippen LogP contribution is 2.17. The summed E-state index contributed by atoms with van der Waals surface area (Å²) in [6.07, 6.45) is 0. The van der Waals surface area contributed by atoms with Crippen molar-refractivity contribution < 1.29 is 18.3 Å². The zero-order chi connectivity index (χ0) is 17.9. The third-order valence-corrected chi connectivity index (χ3v) is 3.01. The second-order valence-electron chi connectivity index (χ2n) is 5.29. The van der Waals surface area contributed by atoms with E-state index in [1.54, 1.807) is 7.05 Å². The third-order valence-electron chi connectivity index (χ3n) is 3.01. The second-order valence-corrected chi connectivity index (χ2v) is 5.29. The van der Waals surface area contributed by atoms with E-state index in [1.807, 2.05) is 13.8 Å². The highest BCUT2D eigenvalue weighted by molar-refractivity contribution is 5.80. The van der Waals surface area contributed by atoms with Crippen LogP contribution in [0, 0.1) is 17.6 Å². The minimum absolute atomic E-state index is 0.00227. The highest BCUT2D eigenvalue weighted by atomic mass is 19.1. The normalized spacial score (nSPS) is 11.3. The first-order valence-corrected chi connectivity index (χ1v) is 7.74. The molecule has 1 rings (SSSR count). The summed E-state index contributed by atoms with van der Waals surface area (Å²) in [6.45, 7) is 5.23. The van der Waals surface area contributed by atoms with E-state index in [9.17, 15) is 13.6 Å². The lowest BCUT2D eigenvalue weighted by Crippen LogP contribution is -2.43. The molecule has 1 amide bonds. The number of nitrogens with one attached hydrogen (secondary N) is 3. The maximum Gasteiger partial charge on any atom is 0.222 e. The van der Waals surface area contributed by atoms with Crippen molar-refractivity contribution >= 4 is 11.9 Å². The van der Waals surface area contributed by atoms with E-state index in [0.717, 1.165) is 12.1 Å². The number of hydrogen-bond donors (Lipinski definition) is 3. The van der Waals surface area contributed by atoms with Crippen LogP contribution in [-0.4, -0.2) is 45.2 Å². The molecule has 0 aliphatic heterocycles. The van der Waals surface area contributed by atoms with Crippen molar-refractivity contribution in [3.05, 3.63) is 29.8 Å². The summed E-state index contributed by atoms with van der Waals surface area (Å²) in [5.41, 5.74) is 0. The Hall–Kier alpha value is -2.38. The van der Waals surface area contributed by atoms with Gasteiger partial charge >= 0.3 is 0 Å². The molecule has 24 heavy (non-hydrogen) atoms. The van der Waals surface area contributed by atoms with Gasteiger partial charge in [-0.1, -0.05) is 13.8 Å². The van der Waals surface area contributed by atoms with Crippen LogP contribution < -0.4 is 20.7 Å². The molecule has 8 heteroatoms. The van der Waals surface area contributed by atoms with Gasteiger partial charge in [0.2, 0.25) is 5.91 Å². The highest BCUT2D eigenvalue weighted by Gasteiger charge is 2.06. The molecule has 0 saturated carbocycles. The number of ether oxygens (including phenoxy) is 1. The molecule has 0 radical (unpaired) electrons. The van der Waals surface area contributed by atoms with Gasteiger partial charge in [-0.3, -0.25) is 9.79 Å². The Bertz CT molecular complexity index is 565. The van der Waals surface area contributed by atoms with Crippen LogP contribution >= 0.6 is 0 Å². The number of nitrogens with zero attached hydrogens (tertiary/aromatic N) is 1. The van der Waals surface area contributed by atoms with E-state index in [2.05, 4.69) is 20.9 Å². The monoisotopic (exact) mass is 342 g/mol. The van der Waals surface area contributed by atoms with Crippen LogP contribution in [0.4, 0.5) is 8.78 Å². The topological polar surface area (TPSA) is 74.8 Å². The lowest BCUT2D eigenvalue weighted by Gasteiger charge is -2.13. The molecule has 6 nitrogen and oxygen atoms in total. The molecule has 0 unspecified atom stereocenters. The van der Waals surface area contributed by atoms with E-state index in [0.29, 0.717) is 25.6 Å². The largest absolute Gasteiger partial charge is 0.489 e. The molecule has 0 aromatic heterocycles. The number of halogens is 2. The fourth-order valence-corrected chi connectivity index (χ4v) is 1.71. The minimum Gasteiger partial charge on any atom is -0.489 e. The van der Waals surface area contributed by atoms with Crippen LogP contribution in [-0.2, 0) is 4.79 Å². The van der Waals surface area contributed by atoms with Crippen molar-refractivity contribution in [2.24, 2.45) is 10.9 Å². The van der Waals surface area contributed by atoms with Crippen LogP contribution in [0.25, 0.3) is 0 Å². The van der Waals surface area contributed by atoms with Gasteiger partial charge in [-0.05, 0) is 12.1 Å². The van der Waals surface area contributed by atoms with Gasteiger partial charge in [-0.15, -0.1) is 0 Å². The van der Waals surface area contributed by atoms with Crippen LogP contribution in [0.2, 0.25) is 0 Å². The fourth-order valence-electron chi connectivity index (χ4n) is 1.71. The van der Waals surface area contributed by atoms with Crippen molar-refractivity contribution in [3.8, 4) is 5.75 Å². The predicted molar refractivity (Wildman–Crippen MR) is 89.1 cm³/mol. The maximum absolute atomic E-state index is 13.4. The van der Waals surface area contributed by atoms with E-state index in [4.69, 9.17) is 4.74 Å². The number of amides is 1. The number of hydrogen-bond acceptors (Lipinski definition) is 3. The Balaban J connectivity index is 2.21. The standard InChI is InChI=1S/C16H24F2N4O2/c1-11(2)15(23)20-6-7-21-16(19-3)22-8-9-24-14-5-4-12(17)10-13(14)18/h4-5,10-11H,6-9H2,1-3H3,(H,20,23)(H2,19,21,22). The summed E-state index contributed by atoms with van der Waals surface area (Å²) in [4.78, 5) is 15.4. The van der Waals surface area contributed by atoms with E-state index < -0.39 is 11.6 Å². The van der Waals surface area contributed by atoms with Gasteiger partial charge in [0.1, 0.15) is 12.4 Å². The van der Waals surface area contributed by atoms with Gasteiger partial charge in [0.25, 0.3) is 0 Å². The Kier molecular flexibility index (Phi) is 8.53. The first kappa shape index (κ1) is 19.7. The van der Waals surface area contributed by atoms with Gasteiger partial charge in [-0.2, -0.15) is 0 Å². The van der Waals surface area contributed by atoms with Gasteiger partial charge in [0.05, 0.1) is 6.54 Å². The minimum atomic E-state index is -0.738. The van der Waals surface area contributed by atoms with Crippen molar-refractivity contribution in [1.82, 2.24) is 16.0 Å². The van der Waals surface area contributed by atoms with Crippen molar-refractivity contribution in [1.29, 1.82) is 0 Å². The maximum atomic E-state index is 13.4. The Morgan fingerprint density at radius 2 is 1.83 bits per heavy atom. The second kappa shape index (κ2) is 10.4. The smallest absolute Gasteiger partial charge is 0.222 e. The molecule has 0 aliphatic rings. The van der Waals surface area contributed by atoms with Gasteiger partial charge in [-0.25, -0.2) is 8.78 Å². The summed E-state index contributed by atoms with van der Waals surface area (Å²) in [5, 5.41) is 8.79. The molecule has 0 heterocycles. The summed E-state index contributed by atoms with van der Waals surface area (Å²) in [5.74, 6) is -0.902. The van der Waals surface area contributed by atoms with Crippen LogP contribution in [0.1, 0.15) is 13.8 Å². The lowest BCUT2D eigenvalue weighted by atomic mass is 10.2. The van der Waals surface area contributed by atoms with Crippen LogP contribution in [0.5, 0.6) is 5.75 Å². The van der Waals surface area contributed by atoms with Crippen LogP contribution in [0.15, 0.2) is 23.2 Å². The van der Waals surface area contributed by atoms with Crippen LogP contribution in [0.3, 0.4) is 0 Å². The molecule has 0 spiro atoms. The molecule has 134 valence electrons. The van der Waals surface area contributed by atoms with Gasteiger partial charge in [0.15, 0.2) is 17.5 Å². The molecule has 0 saturated heterocycles. The zero-order valence-corrected chi connectivity index (χ0v) is 14.2. The number of carbonyl (C=O) groups excluding carboxylic acids is 1. The van der Waals surface area contributed by atoms with E-state index >= 15 is 0 Å². The number of benzene rings is 1. The lowest BCUT2D eigenvalue weighted by molar-refractivity contribution is -0.123. The average Bonchev–Trinajstić information content (AvgIpc) is 2.54.